The number of carbonyl (C=O) groups excluding carboxylic acids is 1. The summed E-state index contributed by atoms with van der Waals surface area (Å²) >= 11 is 0. The van der Waals surface area contributed by atoms with E-state index in [2.05, 4.69) is 0 Å². The summed E-state index contributed by atoms with van der Waals surface area (Å²) in [6.07, 6.45) is 0. The van der Waals surface area contributed by atoms with Gasteiger partial charge in [0.2, 0.25) is 5.76 Å². The minimum Gasteiger partial charge on any atom is -0.450 e. The lowest BCUT2D eigenvalue weighted by molar-refractivity contribution is 0.0712. The van der Waals surface area contributed by atoms with Crippen molar-refractivity contribution >= 4 is 16.9 Å². The molecule has 4 aromatic rings. The number of halogens is 1. The monoisotopic (exact) mass is 413 g/mol. The van der Waals surface area contributed by atoms with Crippen molar-refractivity contribution in [2.75, 3.05) is 0 Å². The molecule has 4 nitrogen and oxygen atoms in total. The highest BCUT2D eigenvalue weighted by Gasteiger charge is 2.43. The maximum absolute atomic E-state index is 14.9. The van der Waals surface area contributed by atoms with E-state index in [1.54, 1.807) is 24.3 Å². The topological polar surface area (TPSA) is 50.5 Å². The average molecular weight is 413 g/mol. The van der Waals surface area contributed by atoms with E-state index in [-0.39, 0.29) is 28.9 Å². The second kappa shape index (κ2) is 7.20. The van der Waals surface area contributed by atoms with E-state index in [9.17, 15) is 14.0 Å². The van der Waals surface area contributed by atoms with Crippen molar-refractivity contribution in [3.63, 3.8) is 0 Å². The Morgan fingerprint density at radius 1 is 0.968 bits per heavy atom. The summed E-state index contributed by atoms with van der Waals surface area (Å²) in [5.41, 5.74) is 3.17. The van der Waals surface area contributed by atoms with Crippen molar-refractivity contribution in [1.29, 1.82) is 0 Å². The predicted octanol–water partition coefficient (Wildman–Crippen LogP) is 5.29. The molecule has 0 aliphatic carbocycles. The van der Waals surface area contributed by atoms with Crippen molar-refractivity contribution < 1.29 is 13.6 Å². The van der Waals surface area contributed by atoms with Gasteiger partial charge in [-0.25, -0.2) is 4.39 Å². The van der Waals surface area contributed by atoms with Gasteiger partial charge in [-0.15, -0.1) is 0 Å². The number of carbonyl (C=O) groups is 1. The predicted molar refractivity (Wildman–Crippen MR) is 117 cm³/mol. The third kappa shape index (κ3) is 3.05. The summed E-state index contributed by atoms with van der Waals surface area (Å²) < 4.78 is 20.9. The van der Waals surface area contributed by atoms with E-state index in [1.807, 2.05) is 50.2 Å². The van der Waals surface area contributed by atoms with Gasteiger partial charge < -0.3 is 9.32 Å². The second-order valence-corrected chi connectivity index (χ2v) is 7.98. The van der Waals surface area contributed by atoms with Gasteiger partial charge in [-0.1, -0.05) is 54.6 Å². The molecule has 1 unspecified atom stereocenters. The van der Waals surface area contributed by atoms with Crippen molar-refractivity contribution in [1.82, 2.24) is 4.90 Å². The van der Waals surface area contributed by atoms with Crippen LogP contribution in [0.5, 0.6) is 0 Å². The molecule has 1 aliphatic rings. The maximum atomic E-state index is 14.9. The number of nitrogens with zero attached hydrogens (tertiary/aromatic N) is 1. The first-order valence-corrected chi connectivity index (χ1v) is 10.1. The number of rotatable bonds is 3. The van der Waals surface area contributed by atoms with Gasteiger partial charge in [0.15, 0.2) is 5.43 Å². The zero-order chi connectivity index (χ0) is 21.7. The fraction of sp³-hybridized carbons (Fsp3) is 0.154. The number of aryl methyl sites for hydroxylation is 2. The number of benzene rings is 3. The van der Waals surface area contributed by atoms with Gasteiger partial charge in [0.1, 0.15) is 11.4 Å². The normalized spacial score (nSPS) is 15.5. The Bertz CT molecular complexity index is 1390. The Hall–Kier alpha value is -3.73. The van der Waals surface area contributed by atoms with E-state index in [0.717, 1.165) is 16.7 Å². The maximum Gasteiger partial charge on any atom is 0.291 e. The Balaban J connectivity index is 1.79. The summed E-state index contributed by atoms with van der Waals surface area (Å²) in [5.74, 6) is -0.883. The molecule has 3 aromatic carbocycles. The Morgan fingerprint density at radius 3 is 2.42 bits per heavy atom. The van der Waals surface area contributed by atoms with E-state index < -0.39 is 17.8 Å². The molecule has 1 aromatic heterocycles. The minimum atomic E-state index is -0.856. The summed E-state index contributed by atoms with van der Waals surface area (Å²) in [4.78, 5) is 28.6. The van der Waals surface area contributed by atoms with Crippen molar-refractivity contribution in [2.24, 2.45) is 0 Å². The molecular formula is C26H20FNO3. The van der Waals surface area contributed by atoms with Crippen LogP contribution in [0.4, 0.5) is 4.39 Å². The highest BCUT2D eigenvalue weighted by atomic mass is 19.1. The number of hydrogen-bond acceptors (Lipinski definition) is 3. The Kier molecular flexibility index (Phi) is 4.47. The first-order valence-electron chi connectivity index (χ1n) is 10.1. The van der Waals surface area contributed by atoms with Gasteiger partial charge in [0, 0.05) is 12.1 Å². The molecule has 154 valence electrons. The summed E-state index contributed by atoms with van der Waals surface area (Å²) in [7, 11) is 0. The molecule has 2 heterocycles. The molecule has 0 fully saturated rings. The van der Waals surface area contributed by atoms with Gasteiger partial charge in [-0.3, -0.25) is 9.59 Å². The summed E-state index contributed by atoms with van der Waals surface area (Å²) in [6.45, 7) is 3.98. The zero-order valence-corrected chi connectivity index (χ0v) is 17.2. The molecular weight excluding hydrogens is 393 g/mol. The average Bonchev–Trinajstić information content (AvgIpc) is 3.02. The first kappa shape index (κ1) is 19.2. The lowest BCUT2D eigenvalue weighted by Gasteiger charge is -2.25. The van der Waals surface area contributed by atoms with Crippen molar-refractivity contribution in [2.45, 2.75) is 26.4 Å². The van der Waals surface area contributed by atoms with Crippen LogP contribution in [0.25, 0.3) is 11.0 Å². The van der Waals surface area contributed by atoms with Crippen LogP contribution < -0.4 is 5.43 Å². The van der Waals surface area contributed by atoms with E-state index in [0.29, 0.717) is 11.0 Å². The molecule has 0 N–H and O–H groups in total. The largest absolute Gasteiger partial charge is 0.450 e. The standard InChI is InChI=1S/C26H20FNO3/c1-15-12-16(2)24-19(13-15)23(29)21-22(18-10-6-7-11-20(18)27)28(26(30)25(21)31-24)14-17-8-4-3-5-9-17/h3-13,22H,14H2,1-2H3. The molecule has 0 saturated carbocycles. The van der Waals surface area contributed by atoms with Gasteiger partial charge in [-0.2, -0.15) is 0 Å². The van der Waals surface area contributed by atoms with E-state index in [1.165, 1.54) is 11.0 Å². The molecule has 1 amide bonds. The van der Waals surface area contributed by atoms with Crippen LogP contribution >= 0.6 is 0 Å². The van der Waals surface area contributed by atoms with Crippen molar-refractivity contribution in [3.8, 4) is 0 Å². The molecule has 0 saturated heterocycles. The lowest BCUT2D eigenvalue weighted by atomic mass is 9.97. The first-order chi connectivity index (χ1) is 15.0. The van der Waals surface area contributed by atoms with Crippen LogP contribution in [0, 0.1) is 19.7 Å². The molecule has 5 heteroatoms. The van der Waals surface area contributed by atoms with Gasteiger partial charge >= 0.3 is 0 Å². The molecule has 0 bridgehead atoms. The van der Waals surface area contributed by atoms with Crippen molar-refractivity contribution in [3.05, 3.63) is 116 Å². The Labute approximate surface area is 178 Å². The zero-order valence-electron chi connectivity index (χ0n) is 17.2. The lowest BCUT2D eigenvalue weighted by Crippen LogP contribution is -2.29. The van der Waals surface area contributed by atoms with Crippen LogP contribution in [-0.2, 0) is 6.54 Å². The summed E-state index contributed by atoms with van der Waals surface area (Å²) in [5, 5.41) is 0.409. The van der Waals surface area contributed by atoms with Crippen LogP contribution in [-0.4, -0.2) is 10.8 Å². The van der Waals surface area contributed by atoms with Crippen LogP contribution in [0.3, 0.4) is 0 Å². The fourth-order valence-corrected chi connectivity index (χ4v) is 4.44. The minimum absolute atomic E-state index is 0.00589. The molecule has 5 rings (SSSR count). The second-order valence-electron chi connectivity index (χ2n) is 7.98. The highest BCUT2D eigenvalue weighted by molar-refractivity contribution is 5.99. The quantitative estimate of drug-likeness (QED) is 0.458. The molecule has 0 radical (unpaired) electrons. The third-order valence-electron chi connectivity index (χ3n) is 5.79. The van der Waals surface area contributed by atoms with E-state index in [4.69, 9.17) is 4.42 Å². The number of amides is 1. The van der Waals surface area contributed by atoms with E-state index >= 15 is 0 Å². The fourth-order valence-electron chi connectivity index (χ4n) is 4.44. The SMILES string of the molecule is Cc1cc(C)c2oc3c(c(=O)c2c1)C(c1ccccc1F)N(Cc1ccccc1)C3=O. The van der Waals surface area contributed by atoms with Crippen LogP contribution in [0.1, 0.15) is 44.4 Å². The third-order valence-corrected chi connectivity index (χ3v) is 5.79. The number of fused-ring (bicyclic) bond motifs is 2. The Morgan fingerprint density at radius 2 is 1.68 bits per heavy atom. The molecule has 1 aliphatic heterocycles. The van der Waals surface area contributed by atoms with Crippen LogP contribution in [0.15, 0.2) is 75.9 Å². The van der Waals surface area contributed by atoms with Gasteiger partial charge in [-0.05, 0) is 42.7 Å². The molecule has 0 spiro atoms. The van der Waals surface area contributed by atoms with Crippen LogP contribution in [0.2, 0.25) is 0 Å². The molecule has 31 heavy (non-hydrogen) atoms. The van der Waals surface area contributed by atoms with Gasteiger partial charge in [0.05, 0.1) is 17.0 Å². The molecule has 1 atom stereocenters. The number of hydrogen-bond donors (Lipinski definition) is 0. The van der Waals surface area contributed by atoms with Gasteiger partial charge in [0.25, 0.3) is 5.91 Å². The summed E-state index contributed by atoms with van der Waals surface area (Å²) in [6, 6.07) is 18.5. The highest BCUT2D eigenvalue weighted by Crippen LogP contribution is 2.40. The smallest absolute Gasteiger partial charge is 0.291 e.